The summed E-state index contributed by atoms with van der Waals surface area (Å²) in [7, 11) is -3.01. The average molecular weight is 413 g/mol. The van der Waals surface area contributed by atoms with Crippen LogP contribution in [0.2, 0.25) is 0 Å². The fourth-order valence-corrected chi connectivity index (χ4v) is 6.19. The van der Waals surface area contributed by atoms with Gasteiger partial charge in [-0.15, -0.1) is 10.2 Å². The van der Waals surface area contributed by atoms with Gasteiger partial charge < -0.3 is 10.6 Å². The summed E-state index contributed by atoms with van der Waals surface area (Å²) in [4.78, 5) is 12.3. The van der Waals surface area contributed by atoms with Crippen molar-refractivity contribution in [1.29, 1.82) is 0 Å². The number of anilines is 2. The average Bonchev–Trinajstić information content (AvgIpc) is 3.13. The standard InChI is InChI=1S/C16H20N4O3S3/c1-10-4-3-5-12(8-10)18-15-19-20-16(25-15)24-11(2)14(21)17-13-6-7-26(22,23)9-13/h3-5,8,11,13H,6-7,9H2,1-2H3,(H,17,21)(H,18,19)/t11-,13-/m1/s1. The van der Waals surface area contributed by atoms with Crippen molar-refractivity contribution in [3.05, 3.63) is 29.8 Å². The van der Waals surface area contributed by atoms with Crippen molar-refractivity contribution >= 4 is 49.7 Å². The molecule has 0 unspecified atom stereocenters. The molecule has 7 nitrogen and oxygen atoms in total. The Balaban J connectivity index is 1.54. The third-order valence-corrected chi connectivity index (χ3v) is 7.69. The van der Waals surface area contributed by atoms with Gasteiger partial charge in [-0.25, -0.2) is 8.42 Å². The SMILES string of the molecule is Cc1cccc(Nc2nnc(S[C@H](C)C(=O)N[C@@H]3CCS(=O)(=O)C3)s2)c1. The van der Waals surface area contributed by atoms with Crippen LogP contribution in [-0.4, -0.2) is 47.3 Å². The van der Waals surface area contributed by atoms with E-state index in [1.54, 1.807) is 6.92 Å². The first kappa shape index (κ1) is 19.1. The van der Waals surface area contributed by atoms with Gasteiger partial charge in [0.2, 0.25) is 11.0 Å². The molecule has 1 amide bonds. The highest BCUT2D eigenvalue weighted by Crippen LogP contribution is 2.30. The van der Waals surface area contributed by atoms with Crippen molar-refractivity contribution in [3.63, 3.8) is 0 Å². The number of hydrogen-bond donors (Lipinski definition) is 2. The number of aromatic nitrogens is 2. The Morgan fingerprint density at radius 3 is 2.88 bits per heavy atom. The Bertz CT molecular complexity index is 898. The molecule has 0 bridgehead atoms. The molecule has 0 saturated carbocycles. The quantitative estimate of drug-likeness (QED) is 0.703. The summed E-state index contributed by atoms with van der Waals surface area (Å²) in [6.07, 6.45) is 0.481. The molecule has 0 radical (unpaired) electrons. The van der Waals surface area contributed by atoms with Gasteiger partial charge in [0, 0.05) is 11.7 Å². The van der Waals surface area contributed by atoms with Crippen LogP contribution in [0, 0.1) is 6.92 Å². The number of benzene rings is 1. The minimum Gasteiger partial charge on any atom is -0.351 e. The first-order valence-electron chi connectivity index (χ1n) is 8.15. The Hall–Kier alpha value is -1.65. The maximum absolute atomic E-state index is 12.3. The molecule has 1 saturated heterocycles. The number of aryl methyl sites for hydroxylation is 1. The number of thioether (sulfide) groups is 1. The van der Waals surface area contributed by atoms with Crippen molar-refractivity contribution in [3.8, 4) is 0 Å². The third-order valence-electron chi connectivity index (χ3n) is 3.90. The molecule has 0 aliphatic carbocycles. The van der Waals surface area contributed by atoms with Gasteiger partial charge in [0.15, 0.2) is 14.2 Å². The molecule has 1 aliphatic heterocycles. The molecule has 2 atom stereocenters. The smallest absolute Gasteiger partial charge is 0.233 e. The highest BCUT2D eigenvalue weighted by molar-refractivity contribution is 8.02. The summed E-state index contributed by atoms with van der Waals surface area (Å²) in [5, 5.41) is 14.5. The summed E-state index contributed by atoms with van der Waals surface area (Å²) in [5.41, 5.74) is 2.08. The Kier molecular flexibility index (Phi) is 5.83. The zero-order chi connectivity index (χ0) is 18.7. The fraction of sp³-hybridized carbons (Fsp3) is 0.438. The second-order valence-electron chi connectivity index (χ2n) is 6.24. The van der Waals surface area contributed by atoms with Crippen LogP contribution < -0.4 is 10.6 Å². The van der Waals surface area contributed by atoms with E-state index in [2.05, 4.69) is 20.8 Å². The maximum atomic E-state index is 12.3. The number of nitrogens with one attached hydrogen (secondary N) is 2. The molecule has 1 aromatic carbocycles. The molecule has 2 aromatic rings. The number of carbonyl (C=O) groups excluding carboxylic acids is 1. The number of nitrogens with zero attached hydrogens (tertiary/aromatic N) is 2. The predicted octanol–water partition coefficient (Wildman–Crippen LogP) is 2.37. The van der Waals surface area contributed by atoms with E-state index in [4.69, 9.17) is 0 Å². The molecule has 140 valence electrons. The summed E-state index contributed by atoms with van der Waals surface area (Å²) in [6.45, 7) is 3.79. The van der Waals surface area contributed by atoms with Gasteiger partial charge in [-0.05, 0) is 38.0 Å². The molecule has 1 aromatic heterocycles. The van der Waals surface area contributed by atoms with E-state index in [-0.39, 0.29) is 28.7 Å². The molecule has 2 heterocycles. The number of amides is 1. The fourth-order valence-electron chi connectivity index (χ4n) is 2.59. The van der Waals surface area contributed by atoms with E-state index in [9.17, 15) is 13.2 Å². The second kappa shape index (κ2) is 7.93. The first-order valence-corrected chi connectivity index (χ1v) is 11.7. The lowest BCUT2D eigenvalue weighted by Gasteiger charge is -2.14. The molecule has 3 rings (SSSR count). The van der Waals surface area contributed by atoms with Crippen LogP contribution in [0.5, 0.6) is 0 Å². The van der Waals surface area contributed by atoms with Crippen LogP contribution in [0.25, 0.3) is 0 Å². The Morgan fingerprint density at radius 2 is 2.19 bits per heavy atom. The topological polar surface area (TPSA) is 101 Å². The maximum Gasteiger partial charge on any atom is 0.233 e. The molecule has 1 fully saturated rings. The molecule has 2 N–H and O–H groups in total. The molecular weight excluding hydrogens is 392 g/mol. The predicted molar refractivity (Wildman–Crippen MR) is 105 cm³/mol. The summed E-state index contributed by atoms with van der Waals surface area (Å²) in [5.74, 6) is -0.0101. The third kappa shape index (κ3) is 5.18. The first-order chi connectivity index (χ1) is 12.3. The largest absolute Gasteiger partial charge is 0.351 e. The lowest BCUT2D eigenvalue weighted by molar-refractivity contribution is -0.120. The van der Waals surface area contributed by atoms with Gasteiger partial charge in [-0.3, -0.25) is 4.79 Å². The van der Waals surface area contributed by atoms with Crippen molar-refractivity contribution in [2.45, 2.75) is 35.9 Å². The van der Waals surface area contributed by atoms with Gasteiger partial charge in [0.05, 0.1) is 16.8 Å². The van der Waals surface area contributed by atoms with Gasteiger partial charge >= 0.3 is 0 Å². The van der Waals surface area contributed by atoms with E-state index in [1.165, 1.54) is 23.1 Å². The van der Waals surface area contributed by atoms with E-state index in [0.29, 0.717) is 15.9 Å². The molecule has 0 spiro atoms. The lowest BCUT2D eigenvalue weighted by Crippen LogP contribution is -2.39. The van der Waals surface area contributed by atoms with E-state index >= 15 is 0 Å². The number of rotatable bonds is 6. The zero-order valence-corrected chi connectivity index (χ0v) is 16.9. The highest BCUT2D eigenvalue weighted by Gasteiger charge is 2.30. The van der Waals surface area contributed by atoms with Crippen LogP contribution in [0.3, 0.4) is 0 Å². The van der Waals surface area contributed by atoms with Crippen molar-refractivity contribution in [1.82, 2.24) is 15.5 Å². The highest BCUT2D eigenvalue weighted by atomic mass is 32.2. The van der Waals surface area contributed by atoms with Gasteiger partial charge in [-0.1, -0.05) is 35.2 Å². The van der Waals surface area contributed by atoms with Gasteiger partial charge in [0.1, 0.15) is 0 Å². The van der Waals surface area contributed by atoms with Crippen LogP contribution >= 0.6 is 23.1 Å². The van der Waals surface area contributed by atoms with Gasteiger partial charge in [0.25, 0.3) is 0 Å². The van der Waals surface area contributed by atoms with Crippen LogP contribution in [0.15, 0.2) is 28.6 Å². The normalized spacial score (nSPS) is 19.8. The van der Waals surface area contributed by atoms with E-state index in [0.717, 1.165) is 11.3 Å². The lowest BCUT2D eigenvalue weighted by atomic mass is 10.2. The Labute approximate surface area is 160 Å². The molecular formula is C16H20N4O3S3. The van der Waals surface area contributed by atoms with E-state index in [1.807, 2.05) is 31.2 Å². The van der Waals surface area contributed by atoms with Crippen LogP contribution in [0.4, 0.5) is 10.8 Å². The van der Waals surface area contributed by atoms with Crippen molar-refractivity contribution in [2.75, 3.05) is 16.8 Å². The molecule has 1 aliphatic rings. The summed E-state index contributed by atoms with van der Waals surface area (Å²) >= 11 is 2.69. The zero-order valence-electron chi connectivity index (χ0n) is 14.4. The minimum atomic E-state index is -3.01. The van der Waals surface area contributed by atoms with Crippen molar-refractivity contribution < 1.29 is 13.2 Å². The van der Waals surface area contributed by atoms with Crippen LogP contribution in [-0.2, 0) is 14.6 Å². The van der Waals surface area contributed by atoms with Crippen molar-refractivity contribution in [2.24, 2.45) is 0 Å². The van der Waals surface area contributed by atoms with Crippen LogP contribution in [0.1, 0.15) is 18.9 Å². The minimum absolute atomic E-state index is 0.0273. The summed E-state index contributed by atoms with van der Waals surface area (Å²) in [6, 6.07) is 7.66. The Morgan fingerprint density at radius 1 is 1.38 bits per heavy atom. The second-order valence-corrected chi connectivity index (χ2v) is 11.0. The molecule has 10 heteroatoms. The summed E-state index contributed by atoms with van der Waals surface area (Å²) < 4.78 is 23.6. The van der Waals surface area contributed by atoms with Gasteiger partial charge in [-0.2, -0.15) is 0 Å². The molecule has 26 heavy (non-hydrogen) atoms. The number of carbonyl (C=O) groups is 1. The number of sulfone groups is 1. The van der Waals surface area contributed by atoms with E-state index < -0.39 is 9.84 Å². The number of hydrogen-bond acceptors (Lipinski definition) is 8. The monoisotopic (exact) mass is 412 g/mol.